The highest BCUT2D eigenvalue weighted by Crippen LogP contribution is 2.39. The molecule has 0 radical (unpaired) electrons. The maximum Gasteiger partial charge on any atom is 0.328 e. The molecule has 0 unspecified atom stereocenters. The fraction of sp³-hybridized carbons (Fsp3) is 0.0625. The molecule has 0 fully saturated rings. The Kier molecular flexibility index (Phi) is 7.13. The van der Waals surface area contributed by atoms with Gasteiger partial charge in [-0.3, -0.25) is 5.10 Å². The van der Waals surface area contributed by atoms with E-state index in [4.69, 9.17) is 9.84 Å². The fourth-order valence-corrected chi connectivity index (χ4v) is 4.48. The van der Waals surface area contributed by atoms with Crippen LogP contribution in [-0.2, 0) is 4.79 Å². The van der Waals surface area contributed by atoms with Gasteiger partial charge in [-0.2, -0.15) is 5.10 Å². The summed E-state index contributed by atoms with van der Waals surface area (Å²) in [6.45, 7) is 2.00. The second-order valence-electron chi connectivity index (χ2n) is 8.71. The number of allylic oxidation sites excluding steroid dienone is 1. The van der Waals surface area contributed by atoms with Gasteiger partial charge in [0.2, 0.25) is 0 Å². The van der Waals surface area contributed by atoms with Crippen LogP contribution in [-0.4, -0.2) is 21.3 Å². The molecule has 0 saturated heterocycles. The number of fused-ring (bicyclic) bond motifs is 1. The molecule has 5 rings (SSSR count). The first-order chi connectivity index (χ1) is 18.5. The number of nitrogens with zero attached hydrogens (tertiary/aromatic N) is 1. The van der Waals surface area contributed by atoms with Crippen LogP contribution >= 0.6 is 0 Å². The number of aliphatic carboxylic acids is 1. The van der Waals surface area contributed by atoms with Crippen molar-refractivity contribution in [2.24, 2.45) is 0 Å². The van der Waals surface area contributed by atoms with Crippen LogP contribution in [0, 0.1) is 5.82 Å². The van der Waals surface area contributed by atoms with Gasteiger partial charge in [-0.25, -0.2) is 9.18 Å². The Morgan fingerprint density at radius 3 is 2.47 bits per heavy atom. The SMILES string of the molecule is CC/C(=C(/c1ccc(/C=C/C(=O)O)cc1)c1ccc2[nH]ncc2c1)c1cccc(Oc2ccccc2)c1F. The van der Waals surface area contributed by atoms with Crippen molar-refractivity contribution in [1.82, 2.24) is 10.2 Å². The number of hydrogen-bond acceptors (Lipinski definition) is 3. The van der Waals surface area contributed by atoms with Crippen molar-refractivity contribution < 1.29 is 19.0 Å². The number of benzene rings is 4. The van der Waals surface area contributed by atoms with Gasteiger partial charge in [-0.1, -0.05) is 67.6 Å². The maximum atomic E-state index is 16.0. The summed E-state index contributed by atoms with van der Waals surface area (Å²) in [4.78, 5) is 10.9. The molecule has 0 aliphatic heterocycles. The average molecular weight is 505 g/mol. The van der Waals surface area contributed by atoms with Crippen molar-refractivity contribution in [2.45, 2.75) is 13.3 Å². The predicted octanol–water partition coefficient (Wildman–Crippen LogP) is 7.96. The van der Waals surface area contributed by atoms with Gasteiger partial charge in [0.1, 0.15) is 5.75 Å². The summed E-state index contributed by atoms with van der Waals surface area (Å²) < 4.78 is 21.9. The molecule has 38 heavy (non-hydrogen) atoms. The number of carboxylic acids is 1. The van der Waals surface area contributed by atoms with E-state index >= 15 is 4.39 Å². The highest BCUT2D eigenvalue weighted by molar-refractivity contribution is 6.00. The van der Waals surface area contributed by atoms with Crippen molar-refractivity contribution in [3.8, 4) is 11.5 Å². The Labute approximate surface area is 219 Å². The van der Waals surface area contributed by atoms with Gasteiger partial charge in [-0.05, 0) is 70.7 Å². The zero-order valence-corrected chi connectivity index (χ0v) is 20.7. The number of aromatic nitrogens is 2. The quantitative estimate of drug-likeness (QED) is 0.166. The van der Waals surface area contributed by atoms with E-state index in [1.165, 1.54) is 6.08 Å². The largest absolute Gasteiger partial charge is 0.478 e. The number of aromatic amines is 1. The van der Waals surface area contributed by atoms with E-state index in [0.717, 1.165) is 44.8 Å². The van der Waals surface area contributed by atoms with Gasteiger partial charge >= 0.3 is 5.97 Å². The van der Waals surface area contributed by atoms with Gasteiger partial charge in [0.05, 0.1) is 11.7 Å². The van der Waals surface area contributed by atoms with Crippen molar-refractivity contribution in [1.29, 1.82) is 0 Å². The molecule has 0 amide bonds. The molecule has 2 N–H and O–H groups in total. The highest BCUT2D eigenvalue weighted by atomic mass is 19.1. The summed E-state index contributed by atoms with van der Waals surface area (Å²) in [5, 5.41) is 17.0. The summed E-state index contributed by atoms with van der Waals surface area (Å²) >= 11 is 0. The molecular formula is C32H25FN2O3. The Balaban J connectivity index is 1.68. The van der Waals surface area contributed by atoms with Gasteiger partial charge in [0, 0.05) is 17.0 Å². The van der Waals surface area contributed by atoms with Gasteiger partial charge < -0.3 is 9.84 Å². The van der Waals surface area contributed by atoms with E-state index in [9.17, 15) is 4.79 Å². The lowest BCUT2D eigenvalue weighted by Crippen LogP contribution is -1.99. The molecule has 4 aromatic carbocycles. The smallest absolute Gasteiger partial charge is 0.328 e. The summed E-state index contributed by atoms with van der Waals surface area (Å²) in [6, 6.07) is 27.9. The number of carbonyl (C=O) groups is 1. The number of hydrogen-bond donors (Lipinski definition) is 2. The Morgan fingerprint density at radius 2 is 1.74 bits per heavy atom. The summed E-state index contributed by atoms with van der Waals surface area (Å²) in [5.41, 5.74) is 5.60. The summed E-state index contributed by atoms with van der Waals surface area (Å²) in [6.07, 6.45) is 4.96. The lowest BCUT2D eigenvalue weighted by molar-refractivity contribution is -0.131. The monoisotopic (exact) mass is 504 g/mol. The van der Waals surface area contributed by atoms with Crippen LogP contribution in [0.2, 0.25) is 0 Å². The number of H-pyrrole nitrogens is 1. The molecule has 0 spiro atoms. The molecule has 0 bridgehead atoms. The third-order valence-corrected chi connectivity index (χ3v) is 6.26. The second kappa shape index (κ2) is 11.0. The first-order valence-corrected chi connectivity index (χ1v) is 12.2. The highest BCUT2D eigenvalue weighted by Gasteiger charge is 2.19. The minimum Gasteiger partial charge on any atom is -0.478 e. The van der Waals surface area contributed by atoms with Crippen LogP contribution in [0.1, 0.15) is 35.6 Å². The molecular weight excluding hydrogens is 479 g/mol. The summed E-state index contributed by atoms with van der Waals surface area (Å²) in [7, 11) is 0. The van der Waals surface area contributed by atoms with E-state index in [2.05, 4.69) is 10.2 Å². The maximum absolute atomic E-state index is 16.0. The topological polar surface area (TPSA) is 75.2 Å². The second-order valence-corrected chi connectivity index (χ2v) is 8.71. The molecule has 5 nitrogen and oxygen atoms in total. The van der Waals surface area contributed by atoms with Gasteiger partial charge in [0.15, 0.2) is 11.6 Å². The van der Waals surface area contributed by atoms with Crippen LogP contribution in [0.5, 0.6) is 11.5 Å². The molecule has 6 heteroatoms. The number of ether oxygens (including phenoxy) is 1. The molecule has 5 aromatic rings. The number of rotatable bonds is 8. The Bertz CT molecular complexity index is 1650. The lowest BCUT2D eigenvalue weighted by Gasteiger charge is -2.18. The van der Waals surface area contributed by atoms with Crippen LogP contribution < -0.4 is 4.74 Å². The van der Waals surface area contributed by atoms with Crippen LogP contribution in [0.15, 0.2) is 103 Å². The van der Waals surface area contributed by atoms with Gasteiger partial charge in [0.25, 0.3) is 0 Å². The van der Waals surface area contributed by atoms with E-state index in [-0.39, 0.29) is 5.75 Å². The molecule has 0 aliphatic carbocycles. The zero-order chi connectivity index (χ0) is 26.5. The Morgan fingerprint density at radius 1 is 0.974 bits per heavy atom. The zero-order valence-electron chi connectivity index (χ0n) is 20.7. The van der Waals surface area contributed by atoms with Crippen LogP contribution in [0.25, 0.3) is 28.1 Å². The predicted molar refractivity (Wildman–Crippen MR) is 148 cm³/mol. The number of nitrogens with one attached hydrogen (secondary N) is 1. The first kappa shape index (κ1) is 24.7. The Hall–Kier alpha value is -4.97. The van der Waals surface area contributed by atoms with Crippen molar-refractivity contribution >= 4 is 34.1 Å². The number of halogens is 1. The van der Waals surface area contributed by atoms with E-state index < -0.39 is 11.8 Å². The first-order valence-electron chi connectivity index (χ1n) is 12.2. The molecule has 188 valence electrons. The van der Waals surface area contributed by atoms with Crippen molar-refractivity contribution in [3.05, 3.63) is 131 Å². The van der Waals surface area contributed by atoms with E-state index in [0.29, 0.717) is 17.7 Å². The molecule has 0 atom stereocenters. The standard InChI is InChI=1S/C32H25FN2O3/c1-2-26(27-9-6-10-29(32(27)33)38-25-7-4-3-5-8-25)31(23-16-17-28-24(19-23)20-34-35-28)22-14-11-21(12-15-22)13-18-30(36)37/h3-20H,2H2,1H3,(H,34,35)(H,36,37)/b18-13+,31-26+. The number of para-hydroxylation sites is 1. The molecule has 0 aliphatic rings. The molecule has 1 aromatic heterocycles. The molecule has 1 heterocycles. The van der Waals surface area contributed by atoms with Crippen LogP contribution in [0.4, 0.5) is 4.39 Å². The average Bonchev–Trinajstić information content (AvgIpc) is 3.41. The minimum absolute atomic E-state index is 0.151. The van der Waals surface area contributed by atoms with E-state index in [1.807, 2.05) is 67.6 Å². The number of carboxylic acid groups (broad SMARTS) is 1. The fourth-order valence-electron chi connectivity index (χ4n) is 4.48. The van der Waals surface area contributed by atoms with Crippen molar-refractivity contribution in [2.75, 3.05) is 0 Å². The normalized spacial score (nSPS) is 12.1. The minimum atomic E-state index is -1.01. The third kappa shape index (κ3) is 5.25. The van der Waals surface area contributed by atoms with E-state index in [1.54, 1.807) is 36.5 Å². The third-order valence-electron chi connectivity index (χ3n) is 6.26. The summed E-state index contributed by atoms with van der Waals surface area (Å²) in [5.74, 6) is -0.736. The van der Waals surface area contributed by atoms with Gasteiger partial charge in [-0.15, -0.1) is 0 Å². The van der Waals surface area contributed by atoms with Crippen LogP contribution in [0.3, 0.4) is 0 Å². The lowest BCUT2D eigenvalue weighted by atomic mass is 9.87. The van der Waals surface area contributed by atoms with Crippen molar-refractivity contribution in [3.63, 3.8) is 0 Å². The molecule has 0 saturated carbocycles.